The third-order valence-electron chi connectivity index (χ3n) is 3.17. The number of hydrogen-bond donors (Lipinski definition) is 2. The minimum absolute atomic E-state index is 0.433. The second-order valence-electron chi connectivity index (χ2n) is 4.56. The Hall–Kier alpha value is 0.0600. The van der Waals surface area contributed by atoms with Crippen LogP contribution >= 0.6 is 27.3 Å². The van der Waals surface area contributed by atoms with Crippen LogP contribution in [0.1, 0.15) is 17.7 Å². The summed E-state index contributed by atoms with van der Waals surface area (Å²) in [6, 6.07) is 4.71. The molecule has 96 valence electrons. The Morgan fingerprint density at radius 3 is 2.82 bits per heavy atom. The van der Waals surface area contributed by atoms with Crippen molar-refractivity contribution >= 4 is 27.3 Å². The second-order valence-corrected chi connectivity index (χ2v) is 7.11. The van der Waals surface area contributed by atoms with Crippen LogP contribution in [0.4, 0.5) is 0 Å². The summed E-state index contributed by atoms with van der Waals surface area (Å²) in [5.74, 6) is 0. The van der Waals surface area contributed by atoms with E-state index < -0.39 is 0 Å². The van der Waals surface area contributed by atoms with Crippen molar-refractivity contribution in [2.75, 3.05) is 26.2 Å². The van der Waals surface area contributed by atoms with E-state index in [9.17, 15) is 0 Å². The Balaban J connectivity index is 1.57. The van der Waals surface area contributed by atoms with Crippen LogP contribution in [0.15, 0.2) is 15.9 Å². The van der Waals surface area contributed by atoms with Gasteiger partial charge in [0.25, 0.3) is 0 Å². The van der Waals surface area contributed by atoms with Gasteiger partial charge in [0.15, 0.2) is 0 Å². The standard InChI is InChI=1S/C12H20BrN3S/c13-12-2-1-11(17-12)9-15-5-8-16-6-3-10(14)4-7-16/h1-2,10,15H,3-9,14H2. The molecule has 1 aromatic heterocycles. The topological polar surface area (TPSA) is 41.3 Å². The third-order valence-corrected chi connectivity index (χ3v) is 4.79. The summed E-state index contributed by atoms with van der Waals surface area (Å²) in [6.45, 7) is 5.49. The zero-order valence-electron chi connectivity index (χ0n) is 9.99. The van der Waals surface area contributed by atoms with E-state index in [2.05, 4.69) is 38.3 Å². The first kappa shape index (κ1) is 13.5. The Morgan fingerprint density at radius 1 is 1.41 bits per heavy atom. The lowest BCUT2D eigenvalue weighted by Gasteiger charge is -2.29. The van der Waals surface area contributed by atoms with Gasteiger partial charge >= 0.3 is 0 Å². The van der Waals surface area contributed by atoms with Crippen molar-refractivity contribution in [2.45, 2.75) is 25.4 Å². The highest BCUT2D eigenvalue weighted by Gasteiger charge is 2.14. The zero-order valence-corrected chi connectivity index (χ0v) is 12.4. The van der Waals surface area contributed by atoms with E-state index in [1.165, 1.54) is 8.66 Å². The summed E-state index contributed by atoms with van der Waals surface area (Å²) in [5.41, 5.74) is 5.88. The number of piperidine rings is 1. The minimum Gasteiger partial charge on any atom is -0.328 e. The van der Waals surface area contributed by atoms with E-state index >= 15 is 0 Å². The highest BCUT2D eigenvalue weighted by atomic mass is 79.9. The lowest BCUT2D eigenvalue weighted by molar-refractivity contribution is 0.213. The molecule has 0 unspecified atom stereocenters. The molecule has 1 fully saturated rings. The van der Waals surface area contributed by atoms with Gasteiger partial charge in [-0.05, 0) is 54.0 Å². The number of nitrogens with zero attached hydrogens (tertiary/aromatic N) is 1. The van der Waals surface area contributed by atoms with Crippen LogP contribution in [0, 0.1) is 0 Å². The lowest BCUT2D eigenvalue weighted by Crippen LogP contribution is -2.42. The number of halogens is 1. The Kier molecular flexibility index (Phi) is 5.44. The lowest BCUT2D eigenvalue weighted by atomic mass is 10.1. The van der Waals surface area contributed by atoms with Gasteiger partial charge in [-0.25, -0.2) is 0 Å². The molecule has 0 saturated carbocycles. The van der Waals surface area contributed by atoms with Crippen molar-refractivity contribution in [1.29, 1.82) is 0 Å². The first-order chi connectivity index (χ1) is 8.24. The van der Waals surface area contributed by atoms with E-state index in [1.807, 2.05) is 0 Å². The molecule has 0 aliphatic carbocycles. The molecule has 5 heteroatoms. The third kappa shape index (κ3) is 4.67. The molecule has 2 heterocycles. The summed E-state index contributed by atoms with van der Waals surface area (Å²) >= 11 is 5.28. The fraction of sp³-hybridized carbons (Fsp3) is 0.667. The maximum absolute atomic E-state index is 5.88. The largest absolute Gasteiger partial charge is 0.328 e. The molecular weight excluding hydrogens is 298 g/mol. The Bertz CT molecular complexity index is 334. The van der Waals surface area contributed by atoms with E-state index in [0.717, 1.165) is 45.6 Å². The molecule has 1 aliphatic rings. The van der Waals surface area contributed by atoms with Crippen LogP contribution in [0.3, 0.4) is 0 Å². The average Bonchev–Trinajstić information content (AvgIpc) is 2.73. The second kappa shape index (κ2) is 6.85. The van der Waals surface area contributed by atoms with Gasteiger partial charge in [0.1, 0.15) is 0 Å². The first-order valence-corrected chi connectivity index (χ1v) is 7.78. The molecule has 1 aliphatic heterocycles. The number of nitrogens with one attached hydrogen (secondary N) is 1. The molecule has 0 amide bonds. The molecule has 2 rings (SSSR count). The summed E-state index contributed by atoms with van der Waals surface area (Å²) in [4.78, 5) is 3.89. The molecule has 0 bridgehead atoms. The van der Waals surface area contributed by atoms with Crippen molar-refractivity contribution in [2.24, 2.45) is 5.73 Å². The molecule has 1 aromatic rings. The van der Waals surface area contributed by atoms with E-state index in [0.29, 0.717) is 6.04 Å². The van der Waals surface area contributed by atoms with E-state index in [-0.39, 0.29) is 0 Å². The van der Waals surface area contributed by atoms with Crippen molar-refractivity contribution in [3.05, 3.63) is 20.8 Å². The van der Waals surface area contributed by atoms with Gasteiger partial charge in [-0.15, -0.1) is 11.3 Å². The molecule has 17 heavy (non-hydrogen) atoms. The average molecular weight is 318 g/mol. The monoisotopic (exact) mass is 317 g/mol. The summed E-state index contributed by atoms with van der Waals surface area (Å²) in [6.07, 6.45) is 2.30. The van der Waals surface area contributed by atoms with Gasteiger partial charge < -0.3 is 16.0 Å². The highest BCUT2D eigenvalue weighted by molar-refractivity contribution is 9.11. The van der Waals surface area contributed by atoms with Gasteiger partial charge in [0.05, 0.1) is 3.79 Å². The fourth-order valence-electron chi connectivity index (χ4n) is 2.07. The van der Waals surface area contributed by atoms with Gasteiger partial charge in [0.2, 0.25) is 0 Å². The van der Waals surface area contributed by atoms with E-state index in [4.69, 9.17) is 5.73 Å². The molecular formula is C12H20BrN3S. The van der Waals surface area contributed by atoms with Crippen LogP contribution < -0.4 is 11.1 Å². The van der Waals surface area contributed by atoms with Gasteiger partial charge in [-0.1, -0.05) is 0 Å². The highest BCUT2D eigenvalue weighted by Crippen LogP contribution is 2.21. The van der Waals surface area contributed by atoms with E-state index in [1.54, 1.807) is 11.3 Å². The summed E-state index contributed by atoms with van der Waals surface area (Å²) in [7, 11) is 0. The molecule has 3 N–H and O–H groups in total. The number of thiophene rings is 1. The first-order valence-electron chi connectivity index (χ1n) is 6.17. The SMILES string of the molecule is NC1CCN(CCNCc2ccc(Br)s2)CC1. The van der Waals surface area contributed by atoms with Crippen LogP contribution in [0.25, 0.3) is 0 Å². The summed E-state index contributed by atoms with van der Waals surface area (Å²) < 4.78 is 1.21. The number of hydrogen-bond acceptors (Lipinski definition) is 4. The molecule has 0 radical (unpaired) electrons. The molecule has 0 spiro atoms. The minimum atomic E-state index is 0.433. The van der Waals surface area contributed by atoms with Crippen molar-refractivity contribution in [3.63, 3.8) is 0 Å². The smallest absolute Gasteiger partial charge is 0.0701 e. The predicted molar refractivity (Wildman–Crippen MR) is 77.4 cm³/mol. The summed E-state index contributed by atoms with van der Waals surface area (Å²) in [5, 5.41) is 3.49. The van der Waals surface area contributed by atoms with Crippen LogP contribution in [0.5, 0.6) is 0 Å². The van der Waals surface area contributed by atoms with Gasteiger partial charge in [-0.2, -0.15) is 0 Å². The molecule has 0 atom stereocenters. The maximum atomic E-state index is 5.88. The predicted octanol–water partition coefficient (Wildman–Crippen LogP) is 2.02. The number of nitrogens with two attached hydrogens (primary N) is 1. The van der Waals surface area contributed by atoms with Crippen molar-refractivity contribution in [1.82, 2.24) is 10.2 Å². The van der Waals surface area contributed by atoms with Gasteiger partial charge in [0, 0.05) is 30.6 Å². The quantitative estimate of drug-likeness (QED) is 0.816. The zero-order chi connectivity index (χ0) is 12.1. The van der Waals surface area contributed by atoms with Crippen molar-refractivity contribution in [3.8, 4) is 0 Å². The molecule has 3 nitrogen and oxygen atoms in total. The van der Waals surface area contributed by atoms with Crippen LogP contribution in [-0.4, -0.2) is 37.1 Å². The number of rotatable bonds is 5. The van der Waals surface area contributed by atoms with Crippen molar-refractivity contribution < 1.29 is 0 Å². The molecule has 0 aromatic carbocycles. The molecule has 1 saturated heterocycles. The van der Waals surface area contributed by atoms with Crippen LogP contribution in [-0.2, 0) is 6.54 Å². The Labute approximate surface area is 116 Å². The number of likely N-dealkylation sites (tertiary alicyclic amines) is 1. The van der Waals surface area contributed by atoms with Crippen LogP contribution in [0.2, 0.25) is 0 Å². The Morgan fingerprint density at radius 2 is 2.18 bits per heavy atom. The fourth-order valence-corrected chi connectivity index (χ4v) is 3.52. The normalized spacial score (nSPS) is 18.7. The van der Waals surface area contributed by atoms with Gasteiger partial charge in [-0.3, -0.25) is 0 Å². The maximum Gasteiger partial charge on any atom is 0.0701 e.